The van der Waals surface area contributed by atoms with Crippen LogP contribution >= 0.6 is 0 Å². The summed E-state index contributed by atoms with van der Waals surface area (Å²) in [6.45, 7) is 1.08. The van der Waals surface area contributed by atoms with Crippen molar-refractivity contribution in [3.8, 4) is 0 Å². The zero-order valence-corrected chi connectivity index (χ0v) is 14.4. The monoisotopic (exact) mass is 344 g/mol. The van der Waals surface area contributed by atoms with Gasteiger partial charge in [-0.3, -0.25) is 19.3 Å². The molecule has 25 heavy (non-hydrogen) atoms. The average Bonchev–Trinajstić information content (AvgIpc) is 3.03. The van der Waals surface area contributed by atoms with Gasteiger partial charge >= 0.3 is 0 Å². The van der Waals surface area contributed by atoms with E-state index in [0.717, 1.165) is 19.3 Å². The van der Waals surface area contributed by atoms with E-state index in [4.69, 9.17) is 0 Å². The quantitative estimate of drug-likeness (QED) is 0.874. The Morgan fingerprint density at radius 3 is 2.76 bits per heavy atom. The van der Waals surface area contributed by atoms with Crippen LogP contribution in [0, 0.1) is 5.92 Å². The molecule has 0 radical (unpaired) electrons. The van der Waals surface area contributed by atoms with Crippen molar-refractivity contribution >= 4 is 17.6 Å². The van der Waals surface area contributed by atoms with Crippen LogP contribution in [0.4, 0.5) is 5.82 Å². The van der Waals surface area contributed by atoms with Crippen molar-refractivity contribution in [2.75, 3.05) is 18.0 Å². The van der Waals surface area contributed by atoms with E-state index >= 15 is 0 Å². The largest absolute Gasteiger partial charge is 0.339 e. The molecule has 1 aliphatic carbocycles. The third-order valence-corrected chi connectivity index (χ3v) is 5.78. The zero-order valence-electron chi connectivity index (χ0n) is 14.4. The summed E-state index contributed by atoms with van der Waals surface area (Å²) in [6, 6.07) is 0.300. The fourth-order valence-corrected chi connectivity index (χ4v) is 4.47. The van der Waals surface area contributed by atoms with E-state index in [-0.39, 0.29) is 29.7 Å². The third kappa shape index (κ3) is 2.96. The smallest absolute Gasteiger partial charge is 0.256 e. The van der Waals surface area contributed by atoms with Gasteiger partial charge in [-0.15, -0.1) is 0 Å². The number of nitrogens with zero attached hydrogens (tertiary/aromatic N) is 3. The molecule has 7 heteroatoms. The Morgan fingerprint density at radius 1 is 1.16 bits per heavy atom. The number of nitrogens with one attached hydrogen (secondary N) is 1. The minimum absolute atomic E-state index is 0.0642. The van der Waals surface area contributed by atoms with Crippen LogP contribution in [0.3, 0.4) is 0 Å². The predicted octanol–water partition coefficient (Wildman–Crippen LogP) is 1.23. The Balaban J connectivity index is 1.52. The number of hydrogen-bond donors (Lipinski definition) is 1. The fourth-order valence-electron chi connectivity index (χ4n) is 4.47. The maximum atomic E-state index is 13.0. The van der Waals surface area contributed by atoms with Crippen molar-refractivity contribution in [1.29, 1.82) is 0 Å². The second kappa shape index (κ2) is 6.61. The normalized spacial score (nSPS) is 24.5. The molecule has 134 valence electrons. The highest BCUT2D eigenvalue weighted by Gasteiger charge is 2.41. The van der Waals surface area contributed by atoms with Gasteiger partial charge in [-0.1, -0.05) is 19.3 Å². The van der Waals surface area contributed by atoms with Gasteiger partial charge in [0.25, 0.3) is 5.56 Å². The molecule has 0 spiro atoms. The first-order valence-corrected chi connectivity index (χ1v) is 9.32. The lowest BCUT2D eigenvalue weighted by Crippen LogP contribution is -2.43. The number of rotatable bonds is 2. The third-order valence-electron chi connectivity index (χ3n) is 5.78. The lowest BCUT2D eigenvalue weighted by atomic mass is 9.94. The summed E-state index contributed by atoms with van der Waals surface area (Å²) in [4.78, 5) is 47.8. The molecule has 0 aromatic carbocycles. The van der Waals surface area contributed by atoms with E-state index in [1.54, 1.807) is 4.90 Å². The van der Waals surface area contributed by atoms with E-state index < -0.39 is 0 Å². The molecule has 1 saturated carbocycles. The van der Waals surface area contributed by atoms with Crippen LogP contribution in [0.2, 0.25) is 0 Å². The minimum atomic E-state index is -0.318. The van der Waals surface area contributed by atoms with Gasteiger partial charge < -0.3 is 9.88 Å². The standard InChI is InChI=1S/C18H24N4O3/c23-15-9-12(10-22(15)13-5-2-1-3-6-13)18(25)21-8-4-7-14-16(21)19-11-20-17(14)24/h11-13H,1-10H2,(H,19,20,24). The average molecular weight is 344 g/mol. The molecule has 2 aliphatic heterocycles. The van der Waals surface area contributed by atoms with Gasteiger partial charge in [0, 0.05) is 25.6 Å². The van der Waals surface area contributed by atoms with Gasteiger partial charge in [0.05, 0.1) is 17.8 Å². The zero-order chi connectivity index (χ0) is 17.4. The summed E-state index contributed by atoms with van der Waals surface area (Å²) in [5.74, 6) is 0.192. The van der Waals surface area contributed by atoms with E-state index in [9.17, 15) is 14.4 Å². The van der Waals surface area contributed by atoms with Crippen LogP contribution in [-0.4, -0.2) is 45.8 Å². The number of aromatic nitrogens is 2. The lowest BCUT2D eigenvalue weighted by Gasteiger charge is -2.32. The Morgan fingerprint density at radius 2 is 1.96 bits per heavy atom. The number of amides is 2. The molecule has 0 bridgehead atoms. The van der Waals surface area contributed by atoms with Crippen LogP contribution in [0.5, 0.6) is 0 Å². The predicted molar refractivity (Wildman–Crippen MR) is 92.2 cm³/mol. The molecule has 3 heterocycles. The van der Waals surface area contributed by atoms with Crippen molar-refractivity contribution in [3.63, 3.8) is 0 Å². The van der Waals surface area contributed by atoms with Gasteiger partial charge in [0.15, 0.2) is 0 Å². The maximum Gasteiger partial charge on any atom is 0.256 e. The van der Waals surface area contributed by atoms with Crippen LogP contribution in [0.1, 0.15) is 50.5 Å². The van der Waals surface area contributed by atoms with Crippen molar-refractivity contribution in [2.45, 2.75) is 57.4 Å². The van der Waals surface area contributed by atoms with Crippen molar-refractivity contribution in [3.05, 3.63) is 22.2 Å². The van der Waals surface area contributed by atoms with Gasteiger partial charge in [0.1, 0.15) is 5.82 Å². The molecule has 1 unspecified atom stereocenters. The Kier molecular flexibility index (Phi) is 4.31. The van der Waals surface area contributed by atoms with Gasteiger partial charge in [-0.05, 0) is 25.7 Å². The van der Waals surface area contributed by atoms with Crippen molar-refractivity contribution < 1.29 is 9.59 Å². The highest BCUT2D eigenvalue weighted by Crippen LogP contribution is 2.31. The van der Waals surface area contributed by atoms with E-state index in [1.807, 2.05) is 4.90 Å². The molecule has 1 saturated heterocycles. The van der Waals surface area contributed by atoms with Gasteiger partial charge in [-0.25, -0.2) is 4.98 Å². The van der Waals surface area contributed by atoms with Crippen LogP contribution < -0.4 is 10.5 Å². The van der Waals surface area contributed by atoms with E-state index in [2.05, 4.69) is 9.97 Å². The number of H-pyrrole nitrogens is 1. The highest BCUT2D eigenvalue weighted by molar-refractivity contribution is 5.99. The number of likely N-dealkylation sites (tertiary alicyclic amines) is 1. The fraction of sp³-hybridized carbons (Fsp3) is 0.667. The lowest BCUT2D eigenvalue weighted by molar-refractivity contribution is -0.130. The number of aromatic amines is 1. The minimum Gasteiger partial charge on any atom is -0.339 e. The number of hydrogen-bond acceptors (Lipinski definition) is 4. The second-order valence-corrected chi connectivity index (χ2v) is 7.37. The summed E-state index contributed by atoms with van der Waals surface area (Å²) >= 11 is 0. The molecule has 7 nitrogen and oxygen atoms in total. The Bertz CT molecular complexity index is 738. The first-order chi connectivity index (χ1) is 12.1. The molecular weight excluding hydrogens is 320 g/mol. The van der Waals surface area contributed by atoms with E-state index in [1.165, 1.54) is 25.6 Å². The molecular formula is C18H24N4O3. The Hall–Kier alpha value is -2.18. The van der Waals surface area contributed by atoms with E-state index in [0.29, 0.717) is 36.9 Å². The molecule has 2 fully saturated rings. The number of anilines is 1. The maximum absolute atomic E-state index is 13.0. The highest BCUT2D eigenvalue weighted by atomic mass is 16.2. The molecule has 1 atom stereocenters. The number of carbonyl (C=O) groups is 2. The van der Waals surface area contributed by atoms with Crippen LogP contribution in [-0.2, 0) is 16.0 Å². The Labute approximate surface area is 146 Å². The summed E-state index contributed by atoms with van der Waals surface area (Å²) in [5, 5.41) is 0. The molecule has 2 amide bonds. The number of carbonyl (C=O) groups excluding carboxylic acids is 2. The van der Waals surface area contributed by atoms with Crippen molar-refractivity contribution in [2.24, 2.45) is 5.92 Å². The molecule has 1 N–H and O–H groups in total. The molecule has 3 aliphatic rings. The summed E-state index contributed by atoms with van der Waals surface area (Å²) in [7, 11) is 0. The number of fused-ring (bicyclic) bond motifs is 1. The molecule has 1 aromatic heterocycles. The topological polar surface area (TPSA) is 86.4 Å². The van der Waals surface area contributed by atoms with Crippen molar-refractivity contribution in [1.82, 2.24) is 14.9 Å². The van der Waals surface area contributed by atoms with Gasteiger partial charge in [-0.2, -0.15) is 0 Å². The molecule has 1 aromatic rings. The summed E-state index contributed by atoms with van der Waals surface area (Å²) < 4.78 is 0. The molecule has 4 rings (SSSR count). The summed E-state index contributed by atoms with van der Waals surface area (Å²) in [5.41, 5.74) is 0.407. The van der Waals surface area contributed by atoms with Crippen LogP contribution in [0.25, 0.3) is 0 Å². The summed E-state index contributed by atoms with van der Waals surface area (Å²) in [6.07, 6.45) is 8.70. The first-order valence-electron chi connectivity index (χ1n) is 9.32. The SMILES string of the molecule is O=C(C1CC(=O)N(C2CCCCC2)C1)N1CCCc2c1nc[nH]c2=O. The first kappa shape index (κ1) is 16.3. The van der Waals surface area contributed by atoms with Gasteiger partial charge in [0.2, 0.25) is 11.8 Å². The second-order valence-electron chi connectivity index (χ2n) is 7.37. The van der Waals surface area contributed by atoms with Crippen LogP contribution in [0.15, 0.2) is 11.1 Å².